The summed E-state index contributed by atoms with van der Waals surface area (Å²) in [6.07, 6.45) is 4.29. The molecule has 0 spiro atoms. The summed E-state index contributed by atoms with van der Waals surface area (Å²) in [6, 6.07) is 13.3. The second-order valence-corrected chi connectivity index (χ2v) is 8.32. The Balaban J connectivity index is 1.47. The van der Waals surface area contributed by atoms with Crippen molar-refractivity contribution >= 4 is 10.9 Å². The van der Waals surface area contributed by atoms with Crippen molar-refractivity contribution in [3.63, 3.8) is 0 Å². The maximum Gasteiger partial charge on any atom is 0.122 e. The summed E-state index contributed by atoms with van der Waals surface area (Å²) >= 11 is 0. The number of ether oxygens (including phenoxy) is 1. The van der Waals surface area contributed by atoms with Crippen molar-refractivity contribution in [2.24, 2.45) is 0 Å². The van der Waals surface area contributed by atoms with E-state index in [1.807, 2.05) is 0 Å². The van der Waals surface area contributed by atoms with E-state index in [1.165, 1.54) is 38.9 Å². The lowest BCUT2D eigenvalue weighted by Gasteiger charge is -2.15. The fourth-order valence-corrected chi connectivity index (χ4v) is 4.39. The molecule has 3 aromatic rings. The molecule has 4 rings (SSSR count). The molecule has 2 aromatic carbocycles. The maximum atomic E-state index is 6.21. The third kappa shape index (κ3) is 3.95. The minimum atomic E-state index is 0.480. The van der Waals surface area contributed by atoms with Gasteiger partial charge in [0.1, 0.15) is 5.75 Å². The van der Waals surface area contributed by atoms with Gasteiger partial charge in [0.05, 0.1) is 6.61 Å². The topological polar surface area (TPSA) is 37.0 Å². The van der Waals surface area contributed by atoms with E-state index in [2.05, 4.69) is 67.5 Å². The molecule has 0 radical (unpaired) electrons. The van der Waals surface area contributed by atoms with Crippen molar-refractivity contribution in [1.29, 1.82) is 0 Å². The molecule has 1 aliphatic heterocycles. The Hall–Kier alpha value is -2.26. The van der Waals surface area contributed by atoms with Gasteiger partial charge < -0.3 is 15.0 Å². The summed E-state index contributed by atoms with van der Waals surface area (Å²) in [5.74, 6) is 1.53. The van der Waals surface area contributed by atoms with Gasteiger partial charge in [-0.1, -0.05) is 38.1 Å². The van der Waals surface area contributed by atoms with Gasteiger partial charge in [0.25, 0.3) is 0 Å². The molecular weight excluding hydrogens is 344 g/mol. The molecule has 0 saturated carbocycles. The van der Waals surface area contributed by atoms with Crippen LogP contribution in [-0.4, -0.2) is 24.7 Å². The molecule has 0 amide bonds. The number of hydrogen-bond acceptors (Lipinski definition) is 2. The average Bonchev–Trinajstić information content (AvgIpc) is 2.87. The number of aromatic nitrogens is 1. The van der Waals surface area contributed by atoms with Gasteiger partial charge >= 0.3 is 0 Å². The Bertz CT molecular complexity index is 955. The van der Waals surface area contributed by atoms with Crippen molar-refractivity contribution in [2.75, 3.05) is 19.7 Å². The first-order valence-corrected chi connectivity index (χ1v) is 10.7. The van der Waals surface area contributed by atoms with Crippen LogP contribution in [0.15, 0.2) is 36.4 Å². The number of aromatic amines is 1. The van der Waals surface area contributed by atoms with Crippen molar-refractivity contribution < 1.29 is 4.74 Å². The van der Waals surface area contributed by atoms with E-state index in [9.17, 15) is 0 Å². The van der Waals surface area contributed by atoms with Crippen LogP contribution in [0.4, 0.5) is 0 Å². The Labute approximate surface area is 168 Å². The highest BCUT2D eigenvalue weighted by atomic mass is 16.5. The number of H-pyrrole nitrogens is 1. The lowest BCUT2D eigenvalue weighted by Crippen LogP contribution is -2.16. The smallest absolute Gasteiger partial charge is 0.122 e. The number of aryl methyl sites for hydroxylation is 2. The van der Waals surface area contributed by atoms with Crippen molar-refractivity contribution in [3.8, 4) is 5.75 Å². The molecule has 0 unspecified atom stereocenters. The van der Waals surface area contributed by atoms with E-state index in [4.69, 9.17) is 4.74 Å². The summed E-state index contributed by atoms with van der Waals surface area (Å²) in [7, 11) is 0. The predicted octanol–water partition coefficient (Wildman–Crippen LogP) is 5.30. The van der Waals surface area contributed by atoms with Gasteiger partial charge in [0, 0.05) is 29.6 Å². The van der Waals surface area contributed by atoms with E-state index < -0.39 is 0 Å². The second-order valence-electron chi connectivity index (χ2n) is 8.32. The van der Waals surface area contributed by atoms with E-state index in [1.54, 1.807) is 0 Å². The summed E-state index contributed by atoms with van der Waals surface area (Å²) in [6.45, 7) is 9.48. The fourth-order valence-electron chi connectivity index (χ4n) is 4.39. The molecular formula is C25H32N2O. The highest BCUT2D eigenvalue weighted by Gasteiger charge is 2.16. The Morgan fingerprint density at radius 2 is 1.93 bits per heavy atom. The minimum Gasteiger partial charge on any atom is -0.493 e. The molecule has 1 aromatic heterocycles. The van der Waals surface area contributed by atoms with Crippen LogP contribution in [0, 0.1) is 6.92 Å². The van der Waals surface area contributed by atoms with Crippen LogP contribution in [0.2, 0.25) is 0 Å². The Morgan fingerprint density at radius 1 is 1.07 bits per heavy atom. The highest BCUT2D eigenvalue weighted by Crippen LogP contribution is 2.30. The van der Waals surface area contributed by atoms with E-state index >= 15 is 0 Å². The van der Waals surface area contributed by atoms with Crippen molar-refractivity contribution in [2.45, 2.75) is 52.4 Å². The van der Waals surface area contributed by atoms with E-state index in [-0.39, 0.29) is 0 Å². The summed E-state index contributed by atoms with van der Waals surface area (Å²) in [5, 5.41) is 4.97. The number of nitrogens with one attached hydrogen (secondary N) is 2. The molecule has 0 atom stereocenters. The largest absolute Gasteiger partial charge is 0.493 e. The Kier molecular flexibility index (Phi) is 5.72. The molecule has 3 heteroatoms. The van der Waals surface area contributed by atoms with Crippen LogP contribution in [0.3, 0.4) is 0 Å². The number of rotatable bonds is 6. The fraction of sp³-hybridized carbons (Fsp3) is 0.440. The first-order chi connectivity index (χ1) is 13.6. The quantitative estimate of drug-likeness (QED) is 0.573. The van der Waals surface area contributed by atoms with Crippen LogP contribution < -0.4 is 10.1 Å². The standard InChI is InChI=1S/C25H32N2O/c1-17(2)20-10-9-18(3)16-24(20)28-15-5-7-19-6-4-8-23-25(19)21-11-13-26-14-12-22(21)27-23/h4,6,8-10,16-17,26-27H,5,7,11-15H2,1-3H3. The SMILES string of the molecule is Cc1ccc(C(C)C)c(OCCCc2cccc3[nH]c4c(c23)CCNCC4)c1. The second kappa shape index (κ2) is 8.40. The molecule has 0 aliphatic carbocycles. The zero-order valence-electron chi connectivity index (χ0n) is 17.4. The van der Waals surface area contributed by atoms with Crippen molar-refractivity contribution in [3.05, 3.63) is 64.3 Å². The number of hydrogen-bond donors (Lipinski definition) is 2. The number of fused-ring (bicyclic) bond motifs is 3. The van der Waals surface area contributed by atoms with Gasteiger partial charge in [0.15, 0.2) is 0 Å². The van der Waals surface area contributed by atoms with Crippen LogP contribution in [0.1, 0.15) is 54.1 Å². The van der Waals surface area contributed by atoms with Crippen LogP contribution >= 0.6 is 0 Å². The first kappa shape index (κ1) is 19.1. The lowest BCUT2D eigenvalue weighted by atomic mass is 9.99. The van der Waals surface area contributed by atoms with Crippen LogP contribution in [-0.2, 0) is 19.3 Å². The summed E-state index contributed by atoms with van der Waals surface area (Å²) in [4.78, 5) is 3.67. The lowest BCUT2D eigenvalue weighted by molar-refractivity contribution is 0.307. The van der Waals surface area contributed by atoms with Gasteiger partial charge in [-0.2, -0.15) is 0 Å². The normalized spacial score (nSPS) is 14.3. The zero-order valence-corrected chi connectivity index (χ0v) is 17.4. The Morgan fingerprint density at radius 3 is 2.79 bits per heavy atom. The van der Waals surface area contributed by atoms with E-state index in [0.717, 1.165) is 51.1 Å². The summed E-state index contributed by atoms with van der Waals surface area (Å²) < 4.78 is 6.21. The van der Waals surface area contributed by atoms with Crippen LogP contribution in [0.5, 0.6) is 5.75 Å². The van der Waals surface area contributed by atoms with Crippen LogP contribution in [0.25, 0.3) is 10.9 Å². The van der Waals surface area contributed by atoms with E-state index in [0.29, 0.717) is 5.92 Å². The molecule has 28 heavy (non-hydrogen) atoms. The monoisotopic (exact) mass is 376 g/mol. The first-order valence-electron chi connectivity index (χ1n) is 10.7. The summed E-state index contributed by atoms with van der Waals surface area (Å²) in [5.41, 5.74) is 8.26. The van der Waals surface area contributed by atoms with Gasteiger partial charge in [-0.05, 0) is 73.0 Å². The molecule has 0 bridgehead atoms. The minimum absolute atomic E-state index is 0.480. The highest BCUT2D eigenvalue weighted by molar-refractivity contribution is 5.88. The average molecular weight is 377 g/mol. The van der Waals surface area contributed by atoms with Gasteiger partial charge in [-0.3, -0.25) is 0 Å². The van der Waals surface area contributed by atoms with Gasteiger partial charge in [-0.25, -0.2) is 0 Å². The molecule has 0 fully saturated rings. The maximum absolute atomic E-state index is 6.21. The van der Waals surface area contributed by atoms with Gasteiger partial charge in [-0.15, -0.1) is 0 Å². The molecule has 148 valence electrons. The zero-order chi connectivity index (χ0) is 19.5. The molecule has 0 saturated heterocycles. The molecule has 3 nitrogen and oxygen atoms in total. The third-order valence-electron chi connectivity index (χ3n) is 5.85. The number of benzene rings is 2. The molecule has 1 aliphatic rings. The van der Waals surface area contributed by atoms with Crippen molar-refractivity contribution in [1.82, 2.24) is 10.3 Å². The van der Waals surface area contributed by atoms with Gasteiger partial charge in [0.2, 0.25) is 0 Å². The molecule has 2 heterocycles. The third-order valence-corrected chi connectivity index (χ3v) is 5.85. The molecule has 2 N–H and O–H groups in total. The predicted molar refractivity (Wildman–Crippen MR) is 118 cm³/mol.